The molecule has 0 aliphatic carbocycles. The van der Waals surface area contributed by atoms with Crippen molar-refractivity contribution in [3.63, 3.8) is 0 Å². The molecule has 0 saturated heterocycles. The number of ether oxygens (including phenoxy) is 1. The second-order valence-corrected chi connectivity index (χ2v) is 11.5. The summed E-state index contributed by atoms with van der Waals surface area (Å²) in [7, 11) is -2.71. The molecule has 0 atom stereocenters. The Bertz CT molecular complexity index is 1350. The lowest BCUT2D eigenvalue weighted by Crippen LogP contribution is -2.40. The molecule has 36 heavy (non-hydrogen) atoms. The first-order chi connectivity index (χ1) is 16.9. The topological polar surface area (TPSA) is 88.1 Å². The predicted octanol–water partition coefficient (Wildman–Crippen LogP) is 5.38. The molecule has 0 radical (unpaired) electrons. The summed E-state index contributed by atoms with van der Waals surface area (Å²) in [4.78, 5) is 12.9. The van der Waals surface area contributed by atoms with Crippen LogP contribution >= 0.6 is 11.6 Å². The molecule has 1 N–H and O–H groups in total. The number of amides is 1. The van der Waals surface area contributed by atoms with Crippen molar-refractivity contribution >= 4 is 38.9 Å². The Labute approximate surface area is 217 Å². The van der Waals surface area contributed by atoms with Crippen molar-refractivity contribution in [1.82, 2.24) is 5.43 Å². The Balaban J connectivity index is 1.89. The highest BCUT2D eigenvalue weighted by Crippen LogP contribution is 2.34. The van der Waals surface area contributed by atoms with Gasteiger partial charge in [-0.3, -0.25) is 9.10 Å². The average molecular weight is 528 g/mol. The van der Waals surface area contributed by atoms with Crippen LogP contribution in [0.3, 0.4) is 0 Å². The molecule has 0 saturated carbocycles. The van der Waals surface area contributed by atoms with Gasteiger partial charge in [-0.05, 0) is 53.8 Å². The van der Waals surface area contributed by atoms with E-state index in [1.165, 1.54) is 30.9 Å². The summed E-state index contributed by atoms with van der Waals surface area (Å²) in [6.45, 7) is 7.63. The molecule has 3 aromatic rings. The van der Waals surface area contributed by atoms with E-state index in [1.807, 2.05) is 24.3 Å². The van der Waals surface area contributed by atoms with Crippen molar-refractivity contribution in [2.45, 2.75) is 38.0 Å². The van der Waals surface area contributed by atoms with Crippen LogP contribution in [0.5, 0.6) is 5.75 Å². The van der Waals surface area contributed by atoms with Gasteiger partial charge < -0.3 is 4.74 Å². The van der Waals surface area contributed by atoms with E-state index < -0.39 is 22.5 Å². The first-order valence-electron chi connectivity index (χ1n) is 11.3. The lowest BCUT2D eigenvalue weighted by atomic mass is 9.86. The predicted molar refractivity (Wildman–Crippen MR) is 144 cm³/mol. The van der Waals surface area contributed by atoms with Crippen molar-refractivity contribution < 1.29 is 17.9 Å². The molecule has 3 aromatic carbocycles. The van der Waals surface area contributed by atoms with Crippen molar-refractivity contribution in [1.29, 1.82) is 0 Å². The highest BCUT2D eigenvalue weighted by molar-refractivity contribution is 7.92. The van der Waals surface area contributed by atoms with Crippen LogP contribution in [-0.4, -0.2) is 33.7 Å². The van der Waals surface area contributed by atoms with Gasteiger partial charge in [-0.1, -0.05) is 74.8 Å². The Morgan fingerprint density at radius 3 is 2.25 bits per heavy atom. The van der Waals surface area contributed by atoms with Crippen molar-refractivity contribution in [3.8, 4) is 5.75 Å². The average Bonchev–Trinajstić information content (AvgIpc) is 2.85. The molecule has 7 nitrogen and oxygen atoms in total. The van der Waals surface area contributed by atoms with Gasteiger partial charge in [0.15, 0.2) is 0 Å². The summed E-state index contributed by atoms with van der Waals surface area (Å²) in [5, 5.41) is 4.48. The first-order valence-corrected chi connectivity index (χ1v) is 13.1. The monoisotopic (exact) mass is 527 g/mol. The van der Waals surface area contributed by atoms with Gasteiger partial charge in [0.1, 0.15) is 12.3 Å². The largest absolute Gasteiger partial charge is 0.495 e. The fraction of sp³-hybridized carbons (Fsp3) is 0.259. The van der Waals surface area contributed by atoms with E-state index in [0.717, 1.165) is 9.87 Å². The highest BCUT2D eigenvalue weighted by Gasteiger charge is 2.29. The van der Waals surface area contributed by atoms with Gasteiger partial charge in [0.25, 0.3) is 15.9 Å². The SMILES string of the molecule is COc1ccc(Cl)cc1N(CC(=O)N/N=C(/C)c1ccc(C(C)(C)C)cc1)S(=O)(=O)c1ccccc1. The molecule has 0 aliphatic rings. The van der Waals surface area contributed by atoms with Gasteiger partial charge in [-0.2, -0.15) is 5.10 Å². The molecule has 0 fully saturated rings. The Morgan fingerprint density at radius 1 is 1.03 bits per heavy atom. The molecule has 9 heteroatoms. The van der Waals surface area contributed by atoms with Crippen molar-refractivity contribution in [3.05, 3.63) is 88.9 Å². The number of anilines is 1. The van der Waals surface area contributed by atoms with E-state index in [0.29, 0.717) is 10.7 Å². The fourth-order valence-corrected chi connectivity index (χ4v) is 5.08. The zero-order chi connectivity index (χ0) is 26.5. The number of nitrogens with zero attached hydrogens (tertiary/aromatic N) is 2. The van der Waals surface area contributed by atoms with E-state index in [1.54, 1.807) is 37.3 Å². The van der Waals surface area contributed by atoms with Gasteiger partial charge in [0.05, 0.1) is 23.4 Å². The van der Waals surface area contributed by atoms with E-state index in [-0.39, 0.29) is 21.7 Å². The standard InChI is InChI=1S/C27H30ClN3O4S/c1-19(20-11-13-21(14-12-20)27(2,3)4)29-30-26(32)18-31(24-17-22(28)15-16-25(24)35-5)36(33,34)23-9-7-6-8-10-23/h6-17H,18H2,1-5H3,(H,30,32)/b29-19-. The highest BCUT2D eigenvalue weighted by atomic mass is 35.5. The number of nitrogens with one attached hydrogen (secondary N) is 1. The van der Waals surface area contributed by atoms with Gasteiger partial charge in [0.2, 0.25) is 0 Å². The van der Waals surface area contributed by atoms with Crippen LogP contribution in [0, 0.1) is 0 Å². The van der Waals surface area contributed by atoms with E-state index in [9.17, 15) is 13.2 Å². The fourth-order valence-electron chi connectivity index (χ4n) is 3.47. The molecule has 0 aliphatic heterocycles. The lowest BCUT2D eigenvalue weighted by Gasteiger charge is -2.25. The second-order valence-electron chi connectivity index (χ2n) is 9.20. The number of carbonyl (C=O) groups excluding carboxylic acids is 1. The Kier molecular flexibility index (Phi) is 8.43. The summed E-state index contributed by atoms with van der Waals surface area (Å²) in [5.41, 5.74) is 5.24. The van der Waals surface area contributed by atoms with Gasteiger partial charge in [0, 0.05) is 5.02 Å². The molecule has 1 amide bonds. The third kappa shape index (κ3) is 6.44. The molecule has 190 valence electrons. The van der Waals surface area contributed by atoms with Crippen LogP contribution in [-0.2, 0) is 20.2 Å². The number of methoxy groups -OCH3 is 1. The number of rotatable bonds is 8. The van der Waals surface area contributed by atoms with Gasteiger partial charge in [-0.15, -0.1) is 0 Å². The lowest BCUT2D eigenvalue weighted by molar-refractivity contribution is -0.119. The molecule has 0 spiro atoms. The normalized spacial score (nSPS) is 12.2. The zero-order valence-electron chi connectivity index (χ0n) is 20.9. The summed E-state index contributed by atoms with van der Waals surface area (Å²) in [6.07, 6.45) is 0. The van der Waals surface area contributed by atoms with Crippen LogP contribution in [0.2, 0.25) is 5.02 Å². The minimum atomic E-state index is -4.12. The van der Waals surface area contributed by atoms with E-state index in [4.69, 9.17) is 16.3 Å². The number of benzene rings is 3. The minimum absolute atomic E-state index is 0.0207. The molecule has 0 bridgehead atoms. The maximum atomic E-state index is 13.5. The third-order valence-corrected chi connectivity index (χ3v) is 7.55. The second kappa shape index (κ2) is 11.1. The van der Waals surface area contributed by atoms with Crippen LogP contribution in [0.25, 0.3) is 0 Å². The molecular weight excluding hydrogens is 498 g/mol. The Morgan fingerprint density at radius 2 is 1.67 bits per heavy atom. The van der Waals surface area contributed by atoms with Crippen molar-refractivity contribution in [2.24, 2.45) is 5.10 Å². The summed E-state index contributed by atoms with van der Waals surface area (Å²) >= 11 is 6.16. The van der Waals surface area contributed by atoms with Crippen LogP contribution < -0.4 is 14.5 Å². The van der Waals surface area contributed by atoms with Gasteiger partial charge in [-0.25, -0.2) is 13.8 Å². The maximum absolute atomic E-state index is 13.5. The van der Waals surface area contributed by atoms with Crippen molar-refractivity contribution in [2.75, 3.05) is 18.0 Å². The Hall–Kier alpha value is -3.36. The number of hydrazone groups is 1. The molecular formula is C27H30ClN3O4S. The number of carbonyl (C=O) groups is 1. The molecule has 3 rings (SSSR count). The minimum Gasteiger partial charge on any atom is -0.495 e. The first kappa shape index (κ1) is 27.2. The summed E-state index contributed by atoms with van der Waals surface area (Å²) in [6, 6.07) is 20.3. The van der Waals surface area contributed by atoms with E-state index >= 15 is 0 Å². The van der Waals surface area contributed by atoms with Gasteiger partial charge >= 0.3 is 0 Å². The number of halogens is 1. The maximum Gasteiger partial charge on any atom is 0.264 e. The molecule has 0 unspecified atom stereocenters. The van der Waals surface area contributed by atoms with Crippen LogP contribution in [0.1, 0.15) is 38.8 Å². The van der Waals surface area contributed by atoms with Crippen LogP contribution in [0.4, 0.5) is 5.69 Å². The van der Waals surface area contributed by atoms with E-state index in [2.05, 4.69) is 31.3 Å². The summed E-state index contributed by atoms with van der Waals surface area (Å²) < 4.78 is 33.4. The third-order valence-electron chi connectivity index (χ3n) is 5.55. The molecule has 0 aromatic heterocycles. The number of sulfonamides is 1. The summed E-state index contributed by atoms with van der Waals surface area (Å²) in [5.74, 6) is -0.368. The molecule has 0 heterocycles. The number of hydrogen-bond donors (Lipinski definition) is 1. The quantitative estimate of drug-likeness (QED) is 0.314. The smallest absolute Gasteiger partial charge is 0.264 e. The van der Waals surface area contributed by atoms with Crippen LogP contribution in [0.15, 0.2) is 82.8 Å². The zero-order valence-corrected chi connectivity index (χ0v) is 22.5. The number of hydrogen-bond acceptors (Lipinski definition) is 5.